The lowest BCUT2D eigenvalue weighted by molar-refractivity contribution is 0.0142. The molecular weight excluding hydrogens is 328 g/mol. The molecule has 1 aromatic carbocycles. The van der Waals surface area contributed by atoms with Gasteiger partial charge in [0, 0.05) is 44.5 Å². The highest BCUT2D eigenvalue weighted by molar-refractivity contribution is 5.68. The molecule has 1 aromatic heterocycles. The number of carbonyl (C=O) groups is 1. The zero-order valence-corrected chi connectivity index (χ0v) is 15.9. The second-order valence-corrected chi connectivity index (χ2v) is 7.64. The first kappa shape index (κ1) is 18.5. The number of amides is 1. The van der Waals surface area contributed by atoms with Gasteiger partial charge in [0.2, 0.25) is 0 Å². The van der Waals surface area contributed by atoms with E-state index in [0.29, 0.717) is 13.1 Å². The molecule has 3 rings (SSSR count). The van der Waals surface area contributed by atoms with E-state index < -0.39 is 5.60 Å². The molecular formula is C20H28N4O2. The van der Waals surface area contributed by atoms with Crippen LogP contribution in [0, 0.1) is 0 Å². The molecule has 6 nitrogen and oxygen atoms in total. The van der Waals surface area contributed by atoms with Gasteiger partial charge in [-0.25, -0.2) is 4.79 Å². The maximum absolute atomic E-state index is 12.1. The zero-order chi connectivity index (χ0) is 18.6. The van der Waals surface area contributed by atoms with Crippen LogP contribution < -0.4 is 0 Å². The normalized spacial score (nSPS) is 15.9. The van der Waals surface area contributed by atoms with Crippen molar-refractivity contribution in [2.45, 2.75) is 32.9 Å². The Balaban J connectivity index is 1.44. The fraction of sp³-hybridized carbons (Fsp3) is 0.500. The van der Waals surface area contributed by atoms with Crippen LogP contribution in [0.3, 0.4) is 0 Å². The molecule has 2 aromatic rings. The minimum Gasteiger partial charge on any atom is -0.444 e. The Morgan fingerprint density at radius 3 is 2.38 bits per heavy atom. The molecule has 6 heteroatoms. The van der Waals surface area contributed by atoms with Crippen molar-refractivity contribution >= 4 is 6.09 Å². The quantitative estimate of drug-likeness (QED) is 0.845. The Kier molecular flexibility index (Phi) is 5.61. The molecule has 0 bridgehead atoms. The first-order chi connectivity index (χ1) is 12.4. The van der Waals surface area contributed by atoms with Gasteiger partial charge in [-0.05, 0) is 26.8 Å². The second-order valence-electron chi connectivity index (χ2n) is 7.64. The lowest BCUT2D eigenvalue weighted by atomic mass is 10.2. The van der Waals surface area contributed by atoms with Crippen molar-refractivity contribution < 1.29 is 9.53 Å². The van der Waals surface area contributed by atoms with Gasteiger partial charge in [0.15, 0.2) is 0 Å². The summed E-state index contributed by atoms with van der Waals surface area (Å²) in [6.07, 6.45) is 1.82. The van der Waals surface area contributed by atoms with Crippen LogP contribution >= 0.6 is 0 Å². The van der Waals surface area contributed by atoms with E-state index in [-0.39, 0.29) is 6.09 Å². The molecule has 0 aliphatic carbocycles. The summed E-state index contributed by atoms with van der Waals surface area (Å²) in [4.78, 5) is 16.3. The molecule has 1 amide bonds. The molecule has 26 heavy (non-hydrogen) atoms. The molecule has 1 fully saturated rings. The topological polar surface area (TPSA) is 50.6 Å². The number of carbonyl (C=O) groups excluding carboxylic acids is 1. The average Bonchev–Trinajstić information content (AvgIpc) is 3.09. The van der Waals surface area contributed by atoms with Gasteiger partial charge in [-0.3, -0.25) is 9.58 Å². The maximum atomic E-state index is 12.1. The predicted octanol–water partition coefficient (Wildman–Crippen LogP) is 3.10. The van der Waals surface area contributed by atoms with E-state index in [9.17, 15) is 4.79 Å². The van der Waals surface area contributed by atoms with Crippen LogP contribution in [0.25, 0.3) is 11.3 Å². The van der Waals surface area contributed by atoms with Gasteiger partial charge in [-0.1, -0.05) is 30.3 Å². The second kappa shape index (κ2) is 7.91. The maximum Gasteiger partial charge on any atom is 0.410 e. The Labute approximate surface area is 155 Å². The molecule has 1 saturated heterocycles. The Bertz CT molecular complexity index is 713. The summed E-state index contributed by atoms with van der Waals surface area (Å²) in [5, 5.41) is 4.65. The Morgan fingerprint density at radius 2 is 1.73 bits per heavy atom. The summed E-state index contributed by atoms with van der Waals surface area (Å²) in [7, 11) is 0. The number of ether oxygens (including phenoxy) is 1. The lowest BCUT2D eigenvalue weighted by Gasteiger charge is -2.35. The van der Waals surface area contributed by atoms with E-state index >= 15 is 0 Å². The highest BCUT2D eigenvalue weighted by Crippen LogP contribution is 2.16. The third kappa shape index (κ3) is 5.08. The highest BCUT2D eigenvalue weighted by Gasteiger charge is 2.25. The summed E-state index contributed by atoms with van der Waals surface area (Å²) in [6.45, 7) is 10.6. The first-order valence-corrected chi connectivity index (χ1v) is 9.20. The van der Waals surface area contributed by atoms with E-state index in [2.05, 4.69) is 28.2 Å². The smallest absolute Gasteiger partial charge is 0.410 e. The fourth-order valence-corrected chi connectivity index (χ4v) is 2.97. The molecule has 0 unspecified atom stereocenters. The van der Waals surface area contributed by atoms with Crippen molar-refractivity contribution in [2.24, 2.45) is 0 Å². The molecule has 1 aliphatic heterocycles. The summed E-state index contributed by atoms with van der Waals surface area (Å²) in [5.41, 5.74) is 1.70. The average molecular weight is 356 g/mol. The van der Waals surface area contributed by atoms with Crippen LogP contribution in [0.5, 0.6) is 0 Å². The molecule has 0 radical (unpaired) electrons. The SMILES string of the molecule is CC(C)(C)OC(=O)N1CCN(CCn2ccc(-c3ccccc3)n2)CC1. The van der Waals surface area contributed by atoms with E-state index in [0.717, 1.165) is 37.4 Å². The van der Waals surface area contributed by atoms with Gasteiger partial charge < -0.3 is 9.64 Å². The van der Waals surface area contributed by atoms with E-state index in [4.69, 9.17) is 4.74 Å². The zero-order valence-electron chi connectivity index (χ0n) is 15.9. The van der Waals surface area contributed by atoms with E-state index in [1.54, 1.807) is 4.90 Å². The van der Waals surface area contributed by atoms with Gasteiger partial charge in [-0.2, -0.15) is 5.10 Å². The number of piperazine rings is 1. The van der Waals surface area contributed by atoms with Crippen molar-refractivity contribution in [3.8, 4) is 11.3 Å². The molecule has 0 N–H and O–H groups in total. The standard InChI is InChI=1S/C20H28N4O2/c1-20(2,3)26-19(25)23-14-11-22(12-15-23)13-16-24-10-9-18(21-24)17-7-5-4-6-8-17/h4-10H,11-16H2,1-3H3. The van der Waals surface area contributed by atoms with Gasteiger partial charge in [0.1, 0.15) is 5.60 Å². The predicted molar refractivity (Wildman–Crippen MR) is 102 cm³/mol. The van der Waals surface area contributed by atoms with Crippen molar-refractivity contribution in [2.75, 3.05) is 32.7 Å². The number of rotatable bonds is 4. The van der Waals surface area contributed by atoms with Crippen LogP contribution in [0.2, 0.25) is 0 Å². The summed E-state index contributed by atoms with van der Waals surface area (Å²) in [5.74, 6) is 0. The number of hydrogen-bond donors (Lipinski definition) is 0. The fourth-order valence-electron chi connectivity index (χ4n) is 2.97. The van der Waals surface area contributed by atoms with Crippen molar-refractivity contribution in [1.82, 2.24) is 19.6 Å². The van der Waals surface area contributed by atoms with Crippen LogP contribution in [0.15, 0.2) is 42.6 Å². The molecule has 1 aliphatic rings. The van der Waals surface area contributed by atoms with Crippen molar-refractivity contribution in [3.05, 3.63) is 42.6 Å². The van der Waals surface area contributed by atoms with Gasteiger partial charge in [0.05, 0.1) is 12.2 Å². The van der Waals surface area contributed by atoms with Crippen molar-refractivity contribution in [1.29, 1.82) is 0 Å². The minimum absolute atomic E-state index is 0.211. The molecule has 0 spiro atoms. The summed E-state index contributed by atoms with van der Waals surface area (Å²) >= 11 is 0. The highest BCUT2D eigenvalue weighted by atomic mass is 16.6. The first-order valence-electron chi connectivity index (χ1n) is 9.20. The van der Waals surface area contributed by atoms with Crippen LogP contribution in [0.1, 0.15) is 20.8 Å². The van der Waals surface area contributed by atoms with E-state index in [1.807, 2.05) is 49.8 Å². The Hall–Kier alpha value is -2.34. The third-order valence-corrected chi connectivity index (χ3v) is 4.38. The monoisotopic (exact) mass is 356 g/mol. The number of benzene rings is 1. The number of hydrogen-bond acceptors (Lipinski definition) is 4. The minimum atomic E-state index is -0.440. The largest absolute Gasteiger partial charge is 0.444 e. The van der Waals surface area contributed by atoms with Crippen LogP contribution in [-0.4, -0.2) is 64.0 Å². The van der Waals surface area contributed by atoms with Gasteiger partial charge in [-0.15, -0.1) is 0 Å². The van der Waals surface area contributed by atoms with Crippen molar-refractivity contribution in [3.63, 3.8) is 0 Å². The molecule has 140 valence electrons. The molecule has 2 heterocycles. The van der Waals surface area contributed by atoms with Crippen LogP contribution in [-0.2, 0) is 11.3 Å². The molecule has 0 saturated carbocycles. The molecule has 0 atom stereocenters. The van der Waals surface area contributed by atoms with Gasteiger partial charge >= 0.3 is 6.09 Å². The third-order valence-electron chi connectivity index (χ3n) is 4.38. The summed E-state index contributed by atoms with van der Waals surface area (Å²) < 4.78 is 7.43. The van der Waals surface area contributed by atoms with E-state index in [1.165, 1.54) is 0 Å². The number of aromatic nitrogens is 2. The van der Waals surface area contributed by atoms with Gasteiger partial charge in [0.25, 0.3) is 0 Å². The lowest BCUT2D eigenvalue weighted by Crippen LogP contribution is -2.50. The van der Waals surface area contributed by atoms with Crippen LogP contribution in [0.4, 0.5) is 4.79 Å². The number of nitrogens with zero attached hydrogens (tertiary/aromatic N) is 4. The summed E-state index contributed by atoms with van der Waals surface area (Å²) in [6, 6.07) is 12.3. The Morgan fingerprint density at radius 1 is 1.04 bits per heavy atom.